The highest BCUT2D eigenvalue weighted by molar-refractivity contribution is 9.09. The molecular weight excluding hydrogens is 164 g/mol. The summed E-state index contributed by atoms with van der Waals surface area (Å²) in [5.41, 5.74) is 4.14. The fourth-order valence-electron chi connectivity index (χ4n) is 0.504. The summed E-state index contributed by atoms with van der Waals surface area (Å²) in [6.45, 7) is 5.71. The van der Waals surface area contributed by atoms with Crippen molar-refractivity contribution in [3.05, 3.63) is 17.9 Å². The number of halogens is 1. The first-order valence-corrected chi connectivity index (χ1v) is 3.91. The topological polar surface area (TPSA) is 0 Å². The Morgan fingerprint density at radius 1 is 1.75 bits per heavy atom. The van der Waals surface area contributed by atoms with E-state index in [1.54, 1.807) is 0 Å². The molecule has 0 aliphatic carbocycles. The molecule has 8 heavy (non-hydrogen) atoms. The van der Waals surface area contributed by atoms with Gasteiger partial charge in [0.2, 0.25) is 0 Å². The quantitative estimate of drug-likeness (QED) is 0.457. The van der Waals surface area contributed by atoms with Gasteiger partial charge in [0.05, 0.1) is 0 Å². The maximum Gasteiger partial charge on any atom is 0.0317 e. The van der Waals surface area contributed by atoms with Gasteiger partial charge in [-0.15, -0.1) is 5.73 Å². The predicted molar refractivity (Wildman–Crippen MR) is 41.4 cm³/mol. The van der Waals surface area contributed by atoms with E-state index in [-0.39, 0.29) is 0 Å². The van der Waals surface area contributed by atoms with Gasteiger partial charge in [-0.05, 0) is 12.0 Å². The fourth-order valence-corrected chi connectivity index (χ4v) is 0.983. The molecule has 0 aliphatic heterocycles. The Hall–Kier alpha value is 0. The largest absolute Gasteiger partial charge is 0.129 e. The third kappa shape index (κ3) is 3.06. The van der Waals surface area contributed by atoms with Crippen molar-refractivity contribution in [3.63, 3.8) is 0 Å². The zero-order valence-corrected chi connectivity index (χ0v) is 6.79. The number of allylic oxidation sites excluding steroid dienone is 1. The average molecular weight is 175 g/mol. The highest BCUT2D eigenvalue weighted by Crippen LogP contribution is 2.04. The first-order valence-electron chi connectivity index (χ1n) is 2.79. The second kappa shape index (κ2) is 5.14. The van der Waals surface area contributed by atoms with Crippen molar-refractivity contribution in [2.45, 2.75) is 19.8 Å². The van der Waals surface area contributed by atoms with Crippen LogP contribution in [0.3, 0.4) is 0 Å². The van der Waals surface area contributed by atoms with Crippen LogP contribution in [0.1, 0.15) is 19.8 Å². The molecule has 0 aliphatic rings. The summed E-state index contributed by atoms with van der Waals surface area (Å²) in [4.78, 5) is 0. The molecule has 0 saturated heterocycles. The normalized spacial score (nSPS) is 8.25. The molecule has 0 N–H and O–H groups in total. The van der Waals surface area contributed by atoms with E-state index < -0.39 is 0 Å². The third-order valence-corrected chi connectivity index (χ3v) is 1.64. The van der Waals surface area contributed by atoms with Crippen LogP contribution in [0, 0.1) is 0 Å². The van der Waals surface area contributed by atoms with Gasteiger partial charge in [-0.3, -0.25) is 0 Å². The molecule has 0 fully saturated rings. The Kier molecular flexibility index (Phi) is 5.14. The summed E-state index contributed by atoms with van der Waals surface area (Å²) >= 11 is 3.34. The van der Waals surface area contributed by atoms with Crippen LogP contribution < -0.4 is 0 Å². The molecule has 0 aromatic rings. The second-order valence-corrected chi connectivity index (χ2v) is 2.22. The van der Waals surface area contributed by atoms with Gasteiger partial charge in [-0.25, -0.2) is 0 Å². The van der Waals surface area contributed by atoms with Gasteiger partial charge in [-0.1, -0.05) is 35.9 Å². The van der Waals surface area contributed by atoms with E-state index >= 15 is 0 Å². The van der Waals surface area contributed by atoms with Crippen LogP contribution in [0.15, 0.2) is 17.9 Å². The highest BCUT2D eigenvalue weighted by Gasteiger charge is 1.87. The number of hydrogen-bond acceptors (Lipinski definition) is 0. The molecule has 46 valence electrons. The minimum absolute atomic E-state index is 0.921. The van der Waals surface area contributed by atoms with E-state index in [0.29, 0.717) is 0 Å². The second-order valence-electron chi connectivity index (χ2n) is 1.66. The molecule has 0 spiro atoms. The van der Waals surface area contributed by atoms with Crippen LogP contribution in [0.4, 0.5) is 0 Å². The van der Waals surface area contributed by atoms with E-state index in [0.717, 1.165) is 11.8 Å². The van der Waals surface area contributed by atoms with Crippen LogP contribution in [-0.2, 0) is 0 Å². The molecule has 0 unspecified atom stereocenters. The van der Waals surface area contributed by atoms with Crippen molar-refractivity contribution in [2.24, 2.45) is 0 Å². The van der Waals surface area contributed by atoms with Crippen LogP contribution in [0.5, 0.6) is 0 Å². The lowest BCUT2D eigenvalue weighted by Crippen LogP contribution is -1.79. The maximum atomic E-state index is 3.56. The SMILES string of the molecule is C=C=C(CBr)CCC. The fraction of sp³-hybridized carbons (Fsp3) is 0.571. The molecule has 0 bridgehead atoms. The van der Waals surface area contributed by atoms with Gasteiger partial charge in [0, 0.05) is 5.33 Å². The molecule has 1 heteroatoms. The summed E-state index contributed by atoms with van der Waals surface area (Å²) in [7, 11) is 0. The van der Waals surface area contributed by atoms with E-state index in [4.69, 9.17) is 0 Å². The Balaban J connectivity index is 3.55. The van der Waals surface area contributed by atoms with Gasteiger partial charge in [0.25, 0.3) is 0 Å². The monoisotopic (exact) mass is 174 g/mol. The maximum absolute atomic E-state index is 3.56. The molecule has 0 aromatic heterocycles. The molecule has 0 radical (unpaired) electrons. The third-order valence-electron chi connectivity index (χ3n) is 0.963. The Labute approximate surface area is 59.4 Å². The molecule has 0 amide bonds. The smallest absolute Gasteiger partial charge is 0.0317 e. The Morgan fingerprint density at radius 2 is 2.38 bits per heavy atom. The van der Waals surface area contributed by atoms with Crippen LogP contribution >= 0.6 is 15.9 Å². The lowest BCUT2D eigenvalue weighted by atomic mass is 10.2. The van der Waals surface area contributed by atoms with E-state index in [1.165, 1.54) is 12.0 Å². The van der Waals surface area contributed by atoms with Crippen molar-refractivity contribution in [1.82, 2.24) is 0 Å². The van der Waals surface area contributed by atoms with Gasteiger partial charge in [0.1, 0.15) is 0 Å². The summed E-state index contributed by atoms with van der Waals surface area (Å²) < 4.78 is 0. The number of rotatable bonds is 3. The minimum Gasteiger partial charge on any atom is -0.129 e. The summed E-state index contributed by atoms with van der Waals surface area (Å²) in [6.07, 6.45) is 2.30. The van der Waals surface area contributed by atoms with Gasteiger partial charge in [-0.2, -0.15) is 0 Å². The van der Waals surface area contributed by atoms with Crippen LogP contribution in [0.25, 0.3) is 0 Å². The minimum atomic E-state index is 0.921. The van der Waals surface area contributed by atoms with Crippen LogP contribution in [0.2, 0.25) is 0 Å². The predicted octanol–water partition coefficient (Wildman–Crippen LogP) is 2.89. The number of hydrogen-bond donors (Lipinski definition) is 0. The van der Waals surface area contributed by atoms with E-state index in [1.807, 2.05) is 0 Å². The zero-order chi connectivity index (χ0) is 6.41. The molecule has 0 atom stereocenters. The van der Waals surface area contributed by atoms with E-state index in [9.17, 15) is 0 Å². The lowest BCUT2D eigenvalue weighted by Gasteiger charge is -1.92. The molecule has 0 saturated carbocycles. The highest BCUT2D eigenvalue weighted by atomic mass is 79.9. The Bertz CT molecular complexity index is 99.0. The standard InChI is InChI=1S/C7H11Br/c1-3-5-7(4-2)6-8/h2-3,5-6H2,1H3. The first kappa shape index (κ1) is 8.00. The molecule has 0 rings (SSSR count). The van der Waals surface area contributed by atoms with Crippen molar-refractivity contribution in [3.8, 4) is 0 Å². The lowest BCUT2D eigenvalue weighted by molar-refractivity contribution is 0.913. The average Bonchev–Trinajstić information content (AvgIpc) is 1.83. The zero-order valence-electron chi connectivity index (χ0n) is 5.21. The van der Waals surface area contributed by atoms with Gasteiger partial charge >= 0.3 is 0 Å². The molecule has 0 nitrogen and oxygen atoms in total. The number of alkyl halides is 1. The van der Waals surface area contributed by atoms with E-state index in [2.05, 4.69) is 35.2 Å². The van der Waals surface area contributed by atoms with Crippen molar-refractivity contribution >= 4 is 15.9 Å². The molecule has 0 aromatic carbocycles. The Morgan fingerprint density at radius 3 is 2.50 bits per heavy atom. The van der Waals surface area contributed by atoms with Gasteiger partial charge < -0.3 is 0 Å². The van der Waals surface area contributed by atoms with Gasteiger partial charge in [0.15, 0.2) is 0 Å². The summed E-state index contributed by atoms with van der Waals surface area (Å²) in [6, 6.07) is 0. The van der Waals surface area contributed by atoms with Crippen molar-refractivity contribution < 1.29 is 0 Å². The van der Waals surface area contributed by atoms with Crippen LogP contribution in [-0.4, -0.2) is 5.33 Å². The first-order chi connectivity index (χ1) is 3.85. The molecule has 0 heterocycles. The van der Waals surface area contributed by atoms with Crippen molar-refractivity contribution in [2.75, 3.05) is 5.33 Å². The summed E-state index contributed by atoms with van der Waals surface area (Å²) in [5.74, 6) is 0. The molecular formula is C7H11Br. The van der Waals surface area contributed by atoms with Crippen molar-refractivity contribution in [1.29, 1.82) is 0 Å². The summed E-state index contributed by atoms with van der Waals surface area (Å²) in [5, 5.41) is 0.921.